The Hall–Kier alpha value is -2.02. The SMILES string of the molecule is CC1(n2c(N)nc3c(C#N)cccc32)CCC1. The number of para-hydroxylation sites is 1. The number of anilines is 1. The van der Waals surface area contributed by atoms with Crippen LogP contribution in [0.15, 0.2) is 18.2 Å². The maximum atomic E-state index is 9.07. The van der Waals surface area contributed by atoms with E-state index < -0.39 is 0 Å². The number of nitrogens with two attached hydrogens (primary N) is 1. The van der Waals surface area contributed by atoms with Crippen molar-refractivity contribution in [2.24, 2.45) is 0 Å². The summed E-state index contributed by atoms with van der Waals surface area (Å²) in [7, 11) is 0. The summed E-state index contributed by atoms with van der Waals surface area (Å²) in [6, 6.07) is 7.83. The van der Waals surface area contributed by atoms with E-state index in [2.05, 4.69) is 22.5 Å². The lowest BCUT2D eigenvalue weighted by atomic mass is 9.78. The third kappa shape index (κ3) is 1.26. The fourth-order valence-corrected chi connectivity index (χ4v) is 2.69. The number of hydrogen-bond acceptors (Lipinski definition) is 3. The maximum absolute atomic E-state index is 9.07. The van der Waals surface area contributed by atoms with Gasteiger partial charge in [0.2, 0.25) is 5.95 Å². The number of nitrogen functional groups attached to an aromatic ring is 1. The van der Waals surface area contributed by atoms with Gasteiger partial charge in [0.1, 0.15) is 11.6 Å². The van der Waals surface area contributed by atoms with Crippen LogP contribution in [0, 0.1) is 11.3 Å². The van der Waals surface area contributed by atoms with Gasteiger partial charge >= 0.3 is 0 Å². The van der Waals surface area contributed by atoms with Crippen molar-refractivity contribution in [3.05, 3.63) is 23.8 Å². The molecule has 1 heterocycles. The van der Waals surface area contributed by atoms with Crippen LogP contribution in [0.1, 0.15) is 31.7 Å². The number of rotatable bonds is 1. The second kappa shape index (κ2) is 3.24. The highest BCUT2D eigenvalue weighted by atomic mass is 15.2. The average molecular weight is 226 g/mol. The third-order valence-corrected chi connectivity index (χ3v) is 3.80. The van der Waals surface area contributed by atoms with E-state index in [0.717, 1.165) is 23.9 Å². The summed E-state index contributed by atoms with van der Waals surface area (Å²) in [5, 5.41) is 9.07. The fraction of sp³-hybridized carbons (Fsp3) is 0.385. The quantitative estimate of drug-likeness (QED) is 0.811. The molecule has 0 amide bonds. The molecule has 1 saturated carbocycles. The molecule has 0 bridgehead atoms. The Morgan fingerprint density at radius 1 is 1.47 bits per heavy atom. The van der Waals surface area contributed by atoms with Crippen molar-refractivity contribution in [2.75, 3.05) is 5.73 Å². The maximum Gasteiger partial charge on any atom is 0.201 e. The van der Waals surface area contributed by atoms with Crippen molar-refractivity contribution in [3.63, 3.8) is 0 Å². The van der Waals surface area contributed by atoms with Crippen LogP contribution in [0.2, 0.25) is 0 Å². The first-order chi connectivity index (χ1) is 8.15. The summed E-state index contributed by atoms with van der Waals surface area (Å²) in [6.07, 6.45) is 3.48. The first-order valence-corrected chi connectivity index (χ1v) is 5.83. The molecule has 1 aromatic heterocycles. The van der Waals surface area contributed by atoms with E-state index in [4.69, 9.17) is 11.0 Å². The van der Waals surface area contributed by atoms with E-state index >= 15 is 0 Å². The van der Waals surface area contributed by atoms with Gasteiger partial charge < -0.3 is 10.3 Å². The van der Waals surface area contributed by atoms with Gasteiger partial charge in [-0.15, -0.1) is 0 Å². The zero-order chi connectivity index (χ0) is 12.0. The van der Waals surface area contributed by atoms with E-state index in [0.29, 0.717) is 11.5 Å². The summed E-state index contributed by atoms with van der Waals surface area (Å²) < 4.78 is 2.09. The minimum atomic E-state index is 0.0763. The third-order valence-electron chi connectivity index (χ3n) is 3.80. The molecular formula is C13H14N4. The molecule has 1 fully saturated rings. The Bertz CT molecular complexity index is 629. The van der Waals surface area contributed by atoms with Crippen LogP contribution >= 0.6 is 0 Å². The van der Waals surface area contributed by atoms with Gasteiger partial charge in [-0.25, -0.2) is 4.98 Å². The van der Waals surface area contributed by atoms with E-state index in [1.165, 1.54) is 6.42 Å². The van der Waals surface area contributed by atoms with Gasteiger partial charge in [0.05, 0.1) is 11.1 Å². The first-order valence-electron chi connectivity index (χ1n) is 5.83. The minimum absolute atomic E-state index is 0.0763. The van der Waals surface area contributed by atoms with E-state index in [-0.39, 0.29) is 5.54 Å². The van der Waals surface area contributed by atoms with Crippen molar-refractivity contribution in [1.82, 2.24) is 9.55 Å². The van der Waals surface area contributed by atoms with Gasteiger partial charge in [0, 0.05) is 5.54 Å². The lowest BCUT2D eigenvalue weighted by Crippen LogP contribution is -2.37. The zero-order valence-corrected chi connectivity index (χ0v) is 9.77. The Morgan fingerprint density at radius 2 is 2.24 bits per heavy atom. The molecule has 4 nitrogen and oxygen atoms in total. The molecular weight excluding hydrogens is 212 g/mol. The number of imidazole rings is 1. The van der Waals surface area contributed by atoms with Crippen LogP contribution in [0.5, 0.6) is 0 Å². The van der Waals surface area contributed by atoms with Crippen LogP contribution < -0.4 is 5.73 Å². The van der Waals surface area contributed by atoms with Crippen molar-refractivity contribution in [1.29, 1.82) is 5.26 Å². The molecule has 0 atom stereocenters. The second-order valence-corrected chi connectivity index (χ2v) is 4.94. The average Bonchev–Trinajstić information content (AvgIpc) is 2.62. The van der Waals surface area contributed by atoms with Crippen LogP contribution in [0.3, 0.4) is 0 Å². The lowest BCUT2D eigenvalue weighted by molar-refractivity contribution is 0.177. The molecule has 1 aromatic carbocycles. The summed E-state index contributed by atoms with van der Waals surface area (Å²) in [5.41, 5.74) is 8.38. The predicted molar refractivity (Wildman–Crippen MR) is 66.4 cm³/mol. The molecule has 0 spiro atoms. The topological polar surface area (TPSA) is 67.6 Å². The van der Waals surface area contributed by atoms with Gasteiger partial charge in [-0.1, -0.05) is 6.07 Å². The number of nitriles is 1. The highest BCUT2D eigenvalue weighted by molar-refractivity contribution is 5.84. The van der Waals surface area contributed by atoms with Crippen molar-refractivity contribution < 1.29 is 0 Å². The summed E-state index contributed by atoms with van der Waals surface area (Å²) >= 11 is 0. The van der Waals surface area contributed by atoms with Crippen molar-refractivity contribution >= 4 is 17.0 Å². The number of aromatic nitrogens is 2. The van der Waals surface area contributed by atoms with Crippen LogP contribution in [0.25, 0.3) is 11.0 Å². The zero-order valence-electron chi connectivity index (χ0n) is 9.77. The highest BCUT2D eigenvalue weighted by Crippen LogP contribution is 2.42. The number of nitrogens with zero attached hydrogens (tertiary/aromatic N) is 3. The van der Waals surface area contributed by atoms with Gasteiger partial charge in [0.15, 0.2) is 0 Å². The molecule has 2 aromatic rings. The Kier molecular flexibility index (Phi) is 1.93. The fourth-order valence-electron chi connectivity index (χ4n) is 2.69. The molecule has 1 aliphatic carbocycles. The highest BCUT2D eigenvalue weighted by Gasteiger charge is 2.36. The monoisotopic (exact) mass is 226 g/mol. The van der Waals surface area contributed by atoms with Gasteiger partial charge in [0.25, 0.3) is 0 Å². The Balaban J connectivity index is 2.33. The largest absolute Gasteiger partial charge is 0.369 e. The van der Waals surface area contributed by atoms with Gasteiger partial charge in [-0.2, -0.15) is 5.26 Å². The Morgan fingerprint density at radius 3 is 2.82 bits per heavy atom. The van der Waals surface area contributed by atoms with E-state index in [1.807, 2.05) is 12.1 Å². The summed E-state index contributed by atoms with van der Waals surface area (Å²) in [5.74, 6) is 0.518. The first kappa shape index (κ1) is 10.2. The molecule has 2 N–H and O–H groups in total. The van der Waals surface area contributed by atoms with Crippen molar-refractivity contribution in [3.8, 4) is 6.07 Å². The predicted octanol–water partition coefficient (Wildman–Crippen LogP) is 2.39. The molecule has 1 aliphatic rings. The van der Waals surface area contributed by atoms with Crippen LogP contribution in [-0.4, -0.2) is 9.55 Å². The van der Waals surface area contributed by atoms with Crippen molar-refractivity contribution in [2.45, 2.75) is 31.7 Å². The summed E-state index contributed by atoms with van der Waals surface area (Å²) in [4.78, 5) is 4.35. The molecule has 0 aliphatic heterocycles. The Labute approximate surface area is 99.7 Å². The smallest absolute Gasteiger partial charge is 0.201 e. The summed E-state index contributed by atoms with van der Waals surface area (Å²) in [6.45, 7) is 2.20. The number of fused-ring (bicyclic) bond motifs is 1. The number of hydrogen-bond donors (Lipinski definition) is 1. The second-order valence-electron chi connectivity index (χ2n) is 4.94. The van der Waals surface area contributed by atoms with Gasteiger partial charge in [-0.3, -0.25) is 0 Å². The van der Waals surface area contributed by atoms with Gasteiger partial charge in [-0.05, 0) is 38.3 Å². The standard InChI is InChI=1S/C13H14N4/c1-13(6-3-7-13)17-10-5-2-4-9(8-14)11(10)16-12(17)15/h2,4-5H,3,6-7H2,1H3,(H2,15,16). The normalized spacial score (nSPS) is 17.6. The molecule has 3 rings (SSSR count). The molecule has 4 heteroatoms. The van der Waals surface area contributed by atoms with E-state index in [1.54, 1.807) is 6.07 Å². The van der Waals surface area contributed by atoms with E-state index in [9.17, 15) is 0 Å². The molecule has 17 heavy (non-hydrogen) atoms. The molecule has 86 valence electrons. The number of benzene rings is 1. The molecule has 0 unspecified atom stereocenters. The minimum Gasteiger partial charge on any atom is -0.369 e. The lowest BCUT2D eigenvalue weighted by Gasteiger charge is -2.40. The van der Waals surface area contributed by atoms with Crippen LogP contribution in [0.4, 0.5) is 5.95 Å². The molecule has 0 saturated heterocycles. The van der Waals surface area contributed by atoms with Crippen LogP contribution in [-0.2, 0) is 5.54 Å². The molecule has 0 radical (unpaired) electrons.